The number of nitrogens with two attached hydrogens (primary N) is 1. The molecule has 1 amide bonds. The van der Waals surface area contributed by atoms with E-state index in [1.807, 2.05) is 0 Å². The van der Waals surface area contributed by atoms with Crippen molar-refractivity contribution in [3.63, 3.8) is 0 Å². The third-order valence-corrected chi connectivity index (χ3v) is 5.73. The Balaban J connectivity index is 1.73. The number of likely N-dealkylation sites (N-methyl/N-ethyl adjacent to an activating group) is 1. The maximum absolute atomic E-state index is 13.0. The molecule has 5 nitrogen and oxygen atoms in total. The average Bonchev–Trinajstić information content (AvgIpc) is 2.72. The van der Waals surface area contributed by atoms with Crippen molar-refractivity contribution in [1.82, 2.24) is 9.80 Å². The fourth-order valence-corrected chi connectivity index (χ4v) is 4.10. The first-order valence-electron chi connectivity index (χ1n) is 7.95. The normalized spacial score (nSPS) is 34.0. The Kier molecular flexibility index (Phi) is 4.02. The summed E-state index contributed by atoms with van der Waals surface area (Å²) in [5.41, 5.74) is 5.61. The Bertz CT molecular complexity index is 368. The van der Waals surface area contributed by atoms with E-state index in [0.717, 1.165) is 32.4 Å². The lowest BCUT2D eigenvalue weighted by molar-refractivity contribution is -0.147. The van der Waals surface area contributed by atoms with Gasteiger partial charge >= 0.3 is 0 Å². The molecule has 3 fully saturated rings. The summed E-state index contributed by atoms with van der Waals surface area (Å²) in [6.45, 7) is 3.57. The monoisotopic (exact) mass is 281 g/mol. The van der Waals surface area contributed by atoms with Gasteiger partial charge in [0.2, 0.25) is 5.91 Å². The second kappa shape index (κ2) is 5.62. The Hall–Kier alpha value is -0.650. The van der Waals surface area contributed by atoms with Gasteiger partial charge in [0.1, 0.15) is 0 Å². The lowest BCUT2D eigenvalue weighted by Gasteiger charge is -2.39. The zero-order valence-corrected chi connectivity index (χ0v) is 12.5. The Labute approximate surface area is 121 Å². The van der Waals surface area contributed by atoms with Crippen LogP contribution in [0, 0.1) is 5.41 Å². The molecular formula is C15H27N3O2. The minimum absolute atomic E-state index is 0.282. The lowest BCUT2D eigenvalue weighted by atomic mass is 9.78. The highest BCUT2D eigenvalue weighted by molar-refractivity contribution is 5.83. The molecule has 0 aromatic heterocycles. The summed E-state index contributed by atoms with van der Waals surface area (Å²) < 4.78 is 5.42. The molecule has 3 saturated heterocycles. The van der Waals surface area contributed by atoms with E-state index in [2.05, 4.69) is 16.8 Å². The van der Waals surface area contributed by atoms with Crippen LogP contribution in [0.2, 0.25) is 0 Å². The fourth-order valence-electron chi connectivity index (χ4n) is 4.10. The number of fused-ring (bicyclic) bond motifs is 2. The van der Waals surface area contributed by atoms with E-state index in [1.54, 1.807) is 0 Å². The predicted octanol–water partition coefficient (Wildman–Crippen LogP) is 0.437. The summed E-state index contributed by atoms with van der Waals surface area (Å²) in [7, 11) is 2.21. The van der Waals surface area contributed by atoms with Crippen LogP contribution >= 0.6 is 0 Å². The van der Waals surface area contributed by atoms with E-state index in [9.17, 15) is 4.79 Å². The first-order chi connectivity index (χ1) is 9.66. The van der Waals surface area contributed by atoms with Crippen molar-refractivity contribution >= 4 is 5.91 Å². The highest BCUT2D eigenvalue weighted by Crippen LogP contribution is 2.34. The van der Waals surface area contributed by atoms with Crippen molar-refractivity contribution in [2.75, 3.05) is 39.9 Å². The minimum atomic E-state index is -0.361. The molecule has 0 saturated carbocycles. The first-order valence-corrected chi connectivity index (χ1v) is 7.95. The van der Waals surface area contributed by atoms with E-state index in [0.29, 0.717) is 31.8 Å². The molecule has 2 N–H and O–H groups in total. The van der Waals surface area contributed by atoms with Gasteiger partial charge < -0.3 is 15.4 Å². The van der Waals surface area contributed by atoms with Crippen molar-refractivity contribution in [3.05, 3.63) is 0 Å². The maximum Gasteiger partial charge on any atom is 0.230 e. The highest BCUT2D eigenvalue weighted by Gasteiger charge is 2.44. The van der Waals surface area contributed by atoms with Gasteiger partial charge in [-0.05, 0) is 39.2 Å². The van der Waals surface area contributed by atoms with Crippen molar-refractivity contribution < 1.29 is 9.53 Å². The molecule has 0 aromatic rings. The van der Waals surface area contributed by atoms with Crippen molar-refractivity contribution in [3.8, 4) is 0 Å². The SMILES string of the molecule is CN1C2CCC1CN(C(=O)C1(CN)CCOCC1)CC2. The second-order valence-corrected chi connectivity index (χ2v) is 6.69. The number of rotatable bonds is 2. The molecule has 3 aliphatic heterocycles. The third-order valence-electron chi connectivity index (χ3n) is 5.73. The van der Waals surface area contributed by atoms with E-state index in [4.69, 9.17) is 10.5 Å². The molecule has 2 bridgehead atoms. The molecule has 0 spiro atoms. The van der Waals surface area contributed by atoms with Gasteiger partial charge in [0.25, 0.3) is 0 Å². The summed E-state index contributed by atoms with van der Waals surface area (Å²) >= 11 is 0. The predicted molar refractivity (Wildman–Crippen MR) is 77.3 cm³/mol. The standard InChI is InChI=1S/C15H27N3O2/c1-17-12-2-3-13(17)10-18(7-4-12)14(19)15(11-16)5-8-20-9-6-15/h12-13H,2-11,16H2,1H3. The molecule has 20 heavy (non-hydrogen) atoms. The van der Waals surface area contributed by atoms with Gasteiger partial charge in [0, 0.05) is 44.9 Å². The molecule has 3 rings (SSSR count). The largest absolute Gasteiger partial charge is 0.381 e. The first kappa shape index (κ1) is 14.3. The molecular weight excluding hydrogens is 254 g/mol. The van der Waals surface area contributed by atoms with E-state index in [-0.39, 0.29) is 11.3 Å². The van der Waals surface area contributed by atoms with Crippen LogP contribution < -0.4 is 5.73 Å². The third kappa shape index (κ3) is 2.36. The molecule has 2 unspecified atom stereocenters. The number of hydrogen-bond donors (Lipinski definition) is 1. The van der Waals surface area contributed by atoms with Crippen LogP contribution in [0.5, 0.6) is 0 Å². The number of carbonyl (C=O) groups is 1. The summed E-state index contributed by atoms with van der Waals surface area (Å²) in [5.74, 6) is 0.282. The van der Waals surface area contributed by atoms with Gasteiger partial charge in [-0.15, -0.1) is 0 Å². The van der Waals surface area contributed by atoms with Gasteiger partial charge in [-0.3, -0.25) is 9.69 Å². The van der Waals surface area contributed by atoms with Crippen LogP contribution in [-0.4, -0.2) is 67.7 Å². The van der Waals surface area contributed by atoms with Crippen LogP contribution in [-0.2, 0) is 9.53 Å². The highest BCUT2D eigenvalue weighted by atomic mass is 16.5. The summed E-state index contributed by atoms with van der Waals surface area (Å²) in [4.78, 5) is 17.6. The van der Waals surface area contributed by atoms with E-state index >= 15 is 0 Å². The van der Waals surface area contributed by atoms with Crippen LogP contribution in [0.1, 0.15) is 32.1 Å². The Morgan fingerprint density at radius 2 is 1.95 bits per heavy atom. The molecule has 2 atom stereocenters. The maximum atomic E-state index is 13.0. The number of amides is 1. The second-order valence-electron chi connectivity index (χ2n) is 6.69. The van der Waals surface area contributed by atoms with E-state index < -0.39 is 0 Å². The minimum Gasteiger partial charge on any atom is -0.381 e. The van der Waals surface area contributed by atoms with Gasteiger partial charge in [-0.25, -0.2) is 0 Å². The van der Waals surface area contributed by atoms with Gasteiger partial charge in [-0.2, -0.15) is 0 Å². The van der Waals surface area contributed by atoms with Crippen molar-refractivity contribution in [2.24, 2.45) is 11.1 Å². The molecule has 0 aliphatic carbocycles. The number of hydrogen-bond acceptors (Lipinski definition) is 4. The number of ether oxygens (including phenoxy) is 1. The molecule has 3 heterocycles. The number of carbonyl (C=O) groups excluding carboxylic acids is 1. The number of nitrogens with zero attached hydrogens (tertiary/aromatic N) is 2. The zero-order chi connectivity index (χ0) is 14.2. The lowest BCUT2D eigenvalue weighted by Crippen LogP contribution is -2.52. The zero-order valence-electron chi connectivity index (χ0n) is 12.5. The van der Waals surface area contributed by atoms with E-state index in [1.165, 1.54) is 12.8 Å². The smallest absolute Gasteiger partial charge is 0.230 e. The molecule has 0 radical (unpaired) electrons. The molecule has 0 aromatic carbocycles. The Morgan fingerprint density at radius 3 is 2.65 bits per heavy atom. The topological polar surface area (TPSA) is 58.8 Å². The molecule has 114 valence electrons. The van der Waals surface area contributed by atoms with Gasteiger partial charge in [-0.1, -0.05) is 0 Å². The van der Waals surface area contributed by atoms with Crippen LogP contribution in [0.25, 0.3) is 0 Å². The molecule has 5 heteroatoms. The molecule has 3 aliphatic rings. The quantitative estimate of drug-likeness (QED) is 0.798. The average molecular weight is 281 g/mol. The van der Waals surface area contributed by atoms with Crippen molar-refractivity contribution in [1.29, 1.82) is 0 Å². The van der Waals surface area contributed by atoms with Crippen LogP contribution in [0.15, 0.2) is 0 Å². The van der Waals surface area contributed by atoms with Crippen LogP contribution in [0.3, 0.4) is 0 Å². The fraction of sp³-hybridized carbons (Fsp3) is 0.933. The summed E-state index contributed by atoms with van der Waals surface area (Å²) in [6.07, 6.45) is 5.18. The van der Waals surface area contributed by atoms with Gasteiger partial charge in [0.15, 0.2) is 0 Å². The van der Waals surface area contributed by atoms with Crippen molar-refractivity contribution in [2.45, 2.75) is 44.2 Å². The summed E-state index contributed by atoms with van der Waals surface area (Å²) in [6, 6.07) is 1.21. The number of likely N-dealkylation sites (tertiary alicyclic amines) is 1. The summed E-state index contributed by atoms with van der Waals surface area (Å²) in [5, 5.41) is 0. The Morgan fingerprint density at radius 1 is 1.25 bits per heavy atom. The van der Waals surface area contributed by atoms with Gasteiger partial charge in [0.05, 0.1) is 5.41 Å². The van der Waals surface area contributed by atoms with Crippen LogP contribution in [0.4, 0.5) is 0 Å².